The summed E-state index contributed by atoms with van der Waals surface area (Å²) in [4.78, 5) is 15.3. The van der Waals surface area contributed by atoms with Crippen molar-refractivity contribution in [2.75, 3.05) is 7.11 Å². The summed E-state index contributed by atoms with van der Waals surface area (Å²) in [7, 11) is 1.45. The molecule has 1 atom stereocenters. The second-order valence-corrected chi connectivity index (χ2v) is 4.95. The maximum atomic E-state index is 12.0. The van der Waals surface area contributed by atoms with E-state index in [1.165, 1.54) is 7.11 Å². The molecule has 2 rings (SSSR count). The van der Waals surface area contributed by atoms with Gasteiger partial charge in [0.1, 0.15) is 0 Å². The van der Waals surface area contributed by atoms with Crippen molar-refractivity contribution >= 4 is 16.9 Å². The molecule has 0 spiro atoms. The first-order valence-electron chi connectivity index (χ1n) is 6.21. The monoisotopic (exact) mass is 245 g/mol. The van der Waals surface area contributed by atoms with Crippen LogP contribution in [0, 0.1) is 12.8 Å². The molecule has 1 unspecified atom stereocenters. The molecule has 0 saturated heterocycles. The highest BCUT2D eigenvalue weighted by Gasteiger charge is 2.29. The topological polar surface area (TPSA) is 42.1 Å². The maximum Gasteiger partial charge on any atom is 0.313 e. The number of hydrogen-bond donors (Lipinski definition) is 1. The first-order valence-corrected chi connectivity index (χ1v) is 6.21. The fourth-order valence-electron chi connectivity index (χ4n) is 2.55. The van der Waals surface area contributed by atoms with Gasteiger partial charge in [0.05, 0.1) is 13.0 Å². The molecular formula is C15H19NO2. The fraction of sp³-hybridized carbons (Fsp3) is 0.400. The van der Waals surface area contributed by atoms with Crippen LogP contribution < -0.4 is 0 Å². The van der Waals surface area contributed by atoms with Crippen molar-refractivity contribution in [3.05, 3.63) is 35.5 Å². The molecule has 1 heterocycles. The van der Waals surface area contributed by atoms with Crippen LogP contribution in [0.3, 0.4) is 0 Å². The number of H-pyrrole nitrogens is 1. The molecule has 96 valence electrons. The van der Waals surface area contributed by atoms with Crippen LogP contribution in [-0.2, 0) is 9.53 Å². The minimum Gasteiger partial charge on any atom is -0.469 e. The second-order valence-electron chi connectivity index (χ2n) is 4.95. The first-order chi connectivity index (χ1) is 8.56. The molecule has 0 aliphatic carbocycles. The Bertz CT molecular complexity index is 569. The third-order valence-electron chi connectivity index (χ3n) is 3.38. The molecule has 2 aromatic rings. The summed E-state index contributed by atoms with van der Waals surface area (Å²) in [6.07, 6.45) is 0. The molecule has 18 heavy (non-hydrogen) atoms. The first kappa shape index (κ1) is 12.7. The zero-order chi connectivity index (χ0) is 13.3. The summed E-state index contributed by atoms with van der Waals surface area (Å²) < 4.78 is 4.95. The van der Waals surface area contributed by atoms with Crippen molar-refractivity contribution in [1.29, 1.82) is 0 Å². The molecule has 0 bridgehead atoms. The lowest BCUT2D eigenvalue weighted by molar-refractivity contribution is -0.143. The summed E-state index contributed by atoms with van der Waals surface area (Å²) in [6, 6.07) is 8.06. The van der Waals surface area contributed by atoms with Gasteiger partial charge in [-0.3, -0.25) is 4.79 Å². The molecule has 0 aliphatic rings. The predicted molar refractivity (Wildman–Crippen MR) is 72.6 cm³/mol. The lowest BCUT2D eigenvalue weighted by atomic mass is 9.86. The van der Waals surface area contributed by atoms with Gasteiger partial charge in [-0.2, -0.15) is 0 Å². The molecule has 0 aliphatic heterocycles. The van der Waals surface area contributed by atoms with Crippen molar-refractivity contribution in [3.8, 4) is 0 Å². The summed E-state index contributed by atoms with van der Waals surface area (Å²) in [5, 5.41) is 1.11. The van der Waals surface area contributed by atoms with E-state index in [2.05, 4.69) is 4.98 Å². The number of aromatic nitrogens is 1. The van der Waals surface area contributed by atoms with Crippen LogP contribution in [0.15, 0.2) is 24.3 Å². The molecule has 1 aromatic heterocycles. The van der Waals surface area contributed by atoms with Crippen LogP contribution in [0.2, 0.25) is 0 Å². The average Bonchev–Trinajstić information content (AvgIpc) is 2.66. The summed E-state index contributed by atoms with van der Waals surface area (Å²) in [5.41, 5.74) is 3.17. The van der Waals surface area contributed by atoms with Crippen LogP contribution >= 0.6 is 0 Å². The smallest absolute Gasteiger partial charge is 0.313 e. The largest absolute Gasteiger partial charge is 0.469 e. The van der Waals surface area contributed by atoms with Crippen LogP contribution in [0.5, 0.6) is 0 Å². The number of rotatable bonds is 3. The van der Waals surface area contributed by atoms with Gasteiger partial charge in [0.2, 0.25) is 0 Å². The minimum atomic E-state index is -0.217. The number of carbonyl (C=O) groups excluding carboxylic acids is 1. The molecule has 1 aromatic carbocycles. The summed E-state index contributed by atoms with van der Waals surface area (Å²) in [6.45, 7) is 6.10. The summed E-state index contributed by atoms with van der Waals surface area (Å²) >= 11 is 0. The van der Waals surface area contributed by atoms with E-state index in [9.17, 15) is 4.79 Å². The van der Waals surface area contributed by atoms with E-state index in [0.29, 0.717) is 0 Å². The number of nitrogens with one attached hydrogen (secondary N) is 1. The third-order valence-corrected chi connectivity index (χ3v) is 3.38. The Hall–Kier alpha value is -1.77. The number of benzene rings is 1. The minimum absolute atomic E-state index is 0.169. The molecular weight excluding hydrogens is 226 g/mol. The highest BCUT2D eigenvalue weighted by atomic mass is 16.5. The number of aromatic amines is 1. The van der Waals surface area contributed by atoms with Gasteiger partial charge < -0.3 is 9.72 Å². The number of carbonyl (C=O) groups is 1. The van der Waals surface area contributed by atoms with Gasteiger partial charge in [0.25, 0.3) is 0 Å². The molecule has 1 N–H and O–H groups in total. The average molecular weight is 245 g/mol. The lowest BCUT2D eigenvalue weighted by Gasteiger charge is -2.19. The highest BCUT2D eigenvalue weighted by Crippen LogP contribution is 2.34. The summed E-state index contributed by atoms with van der Waals surface area (Å²) in [5.74, 6) is -0.181. The highest BCUT2D eigenvalue weighted by molar-refractivity contribution is 5.91. The predicted octanol–water partition coefficient (Wildman–Crippen LogP) is 3.39. The van der Waals surface area contributed by atoms with Gasteiger partial charge in [-0.1, -0.05) is 32.0 Å². The van der Waals surface area contributed by atoms with Crippen molar-refractivity contribution in [2.45, 2.75) is 26.7 Å². The molecule has 0 radical (unpaired) electrons. The Kier molecular flexibility index (Phi) is 3.41. The van der Waals surface area contributed by atoms with Crippen molar-refractivity contribution in [2.24, 2.45) is 5.92 Å². The second kappa shape index (κ2) is 4.84. The number of hydrogen-bond acceptors (Lipinski definition) is 2. The Morgan fingerprint density at radius 2 is 1.94 bits per heavy atom. The zero-order valence-electron chi connectivity index (χ0n) is 11.3. The zero-order valence-corrected chi connectivity index (χ0v) is 11.3. The molecule has 0 saturated carbocycles. The van der Waals surface area contributed by atoms with E-state index >= 15 is 0 Å². The maximum absolute atomic E-state index is 12.0. The van der Waals surface area contributed by atoms with Gasteiger partial charge >= 0.3 is 5.97 Å². The van der Waals surface area contributed by atoms with Crippen LogP contribution in [0.1, 0.15) is 31.0 Å². The number of aryl methyl sites for hydroxylation is 1. The van der Waals surface area contributed by atoms with Crippen LogP contribution in [-0.4, -0.2) is 18.1 Å². The van der Waals surface area contributed by atoms with E-state index in [4.69, 9.17) is 4.74 Å². The van der Waals surface area contributed by atoms with E-state index in [1.807, 2.05) is 45.0 Å². The van der Waals surface area contributed by atoms with E-state index < -0.39 is 0 Å². The van der Waals surface area contributed by atoms with E-state index in [0.717, 1.165) is 22.2 Å². The van der Waals surface area contributed by atoms with E-state index in [-0.39, 0.29) is 17.8 Å². The number of fused-ring (bicyclic) bond motifs is 1. The van der Waals surface area contributed by atoms with Crippen molar-refractivity contribution < 1.29 is 9.53 Å². The van der Waals surface area contributed by atoms with Gasteiger partial charge in [-0.25, -0.2) is 0 Å². The van der Waals surface area contributed by atoms with Gasteiger partial charge in [0, 0.05) is 16.6 Å². The van der Waals surface area contributed by atoms with Crippen LogP contribution in [0.4, 0.5) is 0 Å². The fourth-order valence-corrected chi connectivity index (χ4v) is 2.55. The Morgan fingerprint density at radius 3 is 2.56 bits per heavy atom. The van der Waals surface area contributed by atoms with E-state index in [1.54, 1.807) is 0 Å². The van der Waals surface area contributed by atoms with Crippen molar-refractivity contribution in [1.82, 2.24) is 4.98 Å². The molecule has 3 nitrogen and oxygen atoms in total. The van der Waals surface area contributed by atoms with Gasteiger partial charge in [0.15, 0.2) is 0 Å². The Balaban J connectivity index is 2.63. The SMILES string of the molecule is COC(=O)C(c1c(C)[nH]c2ccccc12)C(C)C. The lowest BCUT2D eigenvalue weighted by Crippen LogP contribution is -2.20. The molecule has 0 amide bonds. The molecule has 3 heteroatoms. The quantitative estimate of drug-likeness (QED) is 0.842. The molecule has 0 fully saturated rings. The Morgan fingerprint density at radius 1 is 1.28 bits per heavy atom. The Labute approximate surface area is 107 Å². The van der Waals surface area contributed by atoms with Gasteiger partial charge in [-0.15, -0.1) is 0 Å². The normalized spacial score (nSPS) is 12.9. The number of methoxy groups -OCH3 is 1. The number of para-hydroxylation sites is 1. The van der Waals surface area contributed by atoms with Crippen LogP contribution in [0.25, 0.3) is 10.9 Å². The number of esters is 1. The third kappa shape index (κ3) is 2.01. The van der Waals surface area contributed by atoms with Crippen molar-refractivity contribution in [3.63, 3.8) is 0 Å². The number of ether oxygens (including phenoxy) is 1. The standard InChI is InChI=1S/C15H19NO2/c1-9(2)13(15(17)18-4)14-10(3)16-12-8-6-5-7-11(12)14/h5-9,13,16H,1-4H3. The van der Waals surface area contributed by atoms with Gasteiger partial charge in [-0.05, 0) is 24.5 Å².